The van der Waals surface area contributed by atoms with Crippen LogP contribution >= 0.6 is 0 Å². The third-order valence-electron chi connectivity index (χ3n) is 3.28. The van der Waals surface area contributed by atoms with Crippen molar-refractivity contribution in [1.82, 2.24) is 0 Å². The average molecular weight is 336 g/mol. The second kappa shape index (κ2) is 7.83. The fraction of sp³-hybridized carbons (Fsp3) is 0.0526. The van der Waals surface area contributed by atoms with Gasteiger partial charge in [-0.2, -0.15) is 0 Å². The number of carbonyl (C=O) groups excluding carboxylic acids is 2. The summed E-state index contributed by atoms with van der Waals surface area (Å²) >= 11 is 0. The molecule has 0 saturated carbocycles. The zero-order valence-electron chi connectivity index (χ0n) is 13.3. The lowest BCUT2D eigenvalue weighted by molar-refractivity contribution is -0.118. The van der Waals surface area contributed by atoms with Gasteiger partial charge in [0.05, 0.1) is 6.26 Å². The molecule has 1 aromatic heterocycles. The maximum Gasteiger partial charge on any atom is 0.291 e. The number of ether oxygens (including phenoxy) is 1. The summed E-state index contributed by atoms with van der Waals surface area (Å²) in [5, 5.41) is 5.44. The molecule has 0 aliphatic heterocycles. The Hall–Kier alpha value is -3.54. The molecular weight excluding hydrogens is 320 g/mol. The summed E-state index contributed by atoms with van der Waals surface area (Å²) in [5.74, 6) is 0.180. The second-order valence-electron chi connectivity index (χ2n) is 5.16. The van der Waals surface area contributed by atoms with Crippen molar-refractivity contribution in [3.63, 3.8) is 0 Å². The summed E-state index contributed by atoms with van der Waals surface area (Å²) in [5.41, 5.74) is 1.31. The largest absolute Gasteiger partial charge is 0.484 e. The third-order valence-corrected chi connectivity index (χ3v) is 3.28. The van der Waals surface area contributed by atoms with E-state index in [1.54, 1.807) is 48.5 Å². The summed E-state index contributed by atoms with van der Waals surface area (Å²) in [6.45, 7) is -0.104. The normalized spacial score (nSPS) is 10.1. The zero-order valence-corrected chi connectivity index (χ0v) is 13.3. The fourth-order valence-electron chi connectivity index (χ4n) is 2.10. The SMILES string of the molecule is O=C(COc1ccc(NC(=O)c2ccco2)cc1)Nc1ccccc1. The number of nitrogens with one attached hydrogen (secondary N) is 2. The molecule has 6 heteroatoms. The minimum Gasteiger partial charge on any atom is -0.484 e. The van der Waals surface area contributed by atoms with E-state index in [9.17, 15) is 9.59 Å². The van der Waals surface area contributed by atoms with Gasteiger partial charge in [-0.15, -0.1) is 0 Å². The molecule has 2 amide bonds. The Morgan fingerprint density at radius 3 is 2.24 bits per heavy atom. The van der Waals surface area contributed by atoms with Crippen LogP contribution in [0.3, 0.4) is 0 Å². The minimum absolute atomic E-state index is 0.104. The van der Waals surface area contributed by atoms with Crippen molar-refractivity contribution in [2.24, 2.45) is 0 Å². The van der Waals surface area contributed by atoms with Crippen molar-refractivity contribution in [3.8, 4) is 5.75 Å². The van der Waals surface area contributed by atoms with Gasteiger partial charge in [-0.05, 0) is 48.5 Å². The number of carbonyl (C=O) groups is 2. The van der Waals surface area contributed by atoms with Gasteiger partial charge < -0.3 is 19.8 Å². The summed E-state index contributed by atoms with van der Waals surface area (Å²) in [6, 6.07) is 19.1. The van der Waals surface area contributed by atoms with Crippen LogP contribution in [0.15, 0.2) is 77.4 Å². The van der Waals surface area contributed by atoms with E-state index in [-0.39, 0.29) is 24.2 Å². The van der Waals surface area contributed by atoms with Gasteiger partial charge in [0.25, 0.3) is 11.8 Å². The molecule has 0 spiro atoms. The molecule has 3 aromatic rings. The van der Waals surface area contributed by atoms with Gasteiger partial charge in [-0.1, -0.05) is 18.2 Å². The van der Waals surface area contributed by atoms with Crippen LogP contribution in [0, 0.1) is 0 Å². The molecule has 3 rings (SSSR count). The quantitative estimate of drug-likeness (QED) is 0.721. The lowest BCUT2D eigenvalue weighted by atomic mass is 10.3. The van der Waals surface area contributed by atoms with E-state index < -0.39 is 0 Å². The first-order chi connectivity index (χ1) is 12.2. The van der Waals surface area contributed by atoms with Crippen LogP contribution in [0.2, 0.25) is 0 Å². The standard InChI is InChI=1S/C19H16N2O4/c22-18(20-14-5-2-1-3-6-14)13-25-16-10-8-15(9-11-16)21-19(23)17-7-4-12-24-17/h1-12H,13H2,(H,20,22)(H,21,23). The smallest absolute Gasteiger partial charge is 0.291 e. The number of benzene rings is 2. The Labute approximate surface area is 144 Å². The number of hydrogen-bond acceptors (Lipinski definition) is 4. The number of anilines is 2. The van der Waals surface area contributed by atoms with Crippen LogP contribution in [0.1, 0.15) is 10.6 Å². The highest BCUT2D eigenvalue weighted by Crippen LogP contribution is 2.17. The zero-order chi connectivity index (χ0) is 17.5. The topological polar surface area (TPSA) is 80.6 Å². The van der Waals surface area contributed by atoms with Crippen LogP contribution in [0.25, 0.3) is 0 Å². The van der Waals surface area contributed by atoms with Crippen LogP contribution in [-0.4, -0.2) is 18.4 Å². The average Bonchev–Trinajstić information content (AvgIpc) is 3.17. The second-order valence-corrected chi connectivity index (χ2v) is 5.16. The first-order valence-corrected chi connectivity index (χ1v) is 7.63. The van der Waals surface area contributed by atoms with E-state index in [4.69, 9.17) is 9.15 Å². The molecule has 6 nitrogen and oxygen atoms in total. The molecule has 0 saturated heterocycles. The van der Waals surface area contributed by atoms with Gasteiger partial charge in [-0.3, -0.25) is 9.59 Å². The number of furan rings is 1. The van der Waals surface area contributed by atoms with Crippen molar-refractivity contribution in [1.29, 1.82) is 0 Å². The summed E-state index contributed by atoms with van der Waals surface area (Å²) in [7, 11) is 0. The summed E-state index contributed by atoms with van der Waals surface area (Å²) in [4.78, 5) is 23.7. The molecular formula is C19H16N2O4. The maximum absolute atomic E-state index is 11.9. The van der Waals surface area contributed by atoms with E-state index in [1.807, 2.05) is 18.2 Å². The van der Waals surface area contributed by atoms with Gasteiger partial charge in [0.1, 0.15) is 5.75 Å². The van der Waals surface area contributed by atoms with Gasteiger partial charge in [-0.25, -0.2) is 0 Å². The molecule has 25 heavy (non-hydrogen) atoms. The Morgan fingerprint density at radius 2 is 1.56 bits per heavy atom. The molecule has 0 fully saturated rings. The Balaban J connectivity index is 1.49. The minimum atomic E-state index is -0.332. The molecule has 2 N–H and O–H groups in total. The fourth-order valence-corrected chi connectivity index (χ4v) is 2.10. The summed E-state index contributed by atoms with van der Waals surface area (Å²) < 4.78 is 10.5. The molecule has 126 valence electrons. The molecule has 0 atom stereocenters. The lowest BCUT2D eigenvalue weighted by Gasteiger charge is -2.08. The van der Waals surface area contributed by atoms with Crippen LogP contribution < -0.4 is 15.4 Å². The van der Waals surface area contributed by atoms with E-state index in [2.05, 4.69) is 10.6 Å². The van der Waals surface area contributed by atoms with Gasteiger partial charge >= 0.3 is 0 Å². The molecule has 0 radical (unpaired) electrons. The Morgan fingerprint density at radius 1 is 0.840 bits per heavy atom. The molecule has 0 aliphatic rings. The summed E-state index contributed by atoms with van der Waals surface area (Å²) in [6.07, 6.45) is 1.44. The van der Waals surface area contributed by atoms with Gasteiger partial charge in [0, 0.05) is 11.4 Å². The highest BCUT2D eigenvalue weighted by molar-refractivity contribution is 6.02. The first-order valence-electron chi connectivity index (χ1n) is 7.63. The highest BCUT2D eigenvalue weighted by Gasteiger charge is 2.09. The Kier molecular flexibility index (Phi) is 5.11. The van der Waals surface area contributed by atoms with E-state index in [0.717, 1.165) is 0 Å². The monoisotopic (exact) mass is 336 g/mol. The number of hydrogen-bond donors (Lipinski definition) is 2. The highest BCUT2D eigenvalue weighted by atomic mass is 16.5. The van der Waals surface area contributed by atoms with Crippen molar-refractivity contribution in [2.45, 2.75) is 0 Å². The third kappa shape index (κ3) is 4.71. The molecule has 0 aliphatic carbocycles. The van der Waals surface area contributed by atoms with Gasteiger partial charge in [0.2, 0.25) is 0 Å². The molecule has 0 bridgehead atoms. The van der Waals surface area contributed by atoms with Crippen LogP contribution in [-0.2, 0) is 4.79 Å². The van der Waals surface area contributed by atoms with E-state index >= 15 is 0 Å². The molecule has 2 aromatic carbocycles. The molecule has 0 unspecified atom stereocenters. The van der Waals surface area contributed by atoms with Gasteiger partial charge in [0.15, 0.2) is 12.4 Å². The first kappa shape index (κ1) is 16.3. The Bertz CT molecular complexity index is 828. The van der Waals surface area contributed by atoms with E-state index in [1.165, 1.54) is 6.26 Å². The van der Waals surface area contributed by atoms with Crippen molar-refractivity contribution in [3.05, 3.63) is 78.8 Å². The maximum atomic E-state index is 11.9. The predicted octanol–water partition coefficient (Wildman–Crippen LogP) is 3.55. The predicted molar refractivity (Wildman–Crippen MR) is 93.7 cm³/mol. The van der Waals surface area contributed by atoms with E-state index in [0.29, 0.717) is 17.1 Å². The molecule has 1 heterocycles. The lowest BCUT2D eigenvalue weighted by Crippen LogP contribution is -2.20. The number of rotatable bonds is 6. The number of para-hydroxylation sites is 1. The number of amides is 2. The van der Waals surface area contributed by atoms with Crippen LogP contribution in [0.4, 0.5) is 11.4 Å². The van der Waals surface area contributed by atoms with Crippen molar-refractivity contribution >= 4 is 23.2 Å². The van der Waals surface area contributed by atoms with Crippen molar-refractivity contribution in [2.75, 3.05) is 17.2 Å². The van der Waals surface area contributed by atoms with Crippen molar-refractivity contribution < 1.29 is 18.7 Å². The van der Waals surface area contributed by atoms with Crippen LogP contribution in [0.5, 0.6) is 5.75 Å².